The lowest BCUT2D eigenvalue weighted by atomic mass is 10.1. The summed E-state index contributed by atoms with van der Waals surface area (Å²) in [5.74, 6) is 1.02. The molecule has 9 heteroatoms. The van der Waals surface area contributed by atoms with Gasteiger partial charge in [0.05, 0.1) is 18.0 Å². The van der Waals surface area contributed by atoms with E-state index < -0.39 is 5.97 Å². The van der Waals surface area contributed by atoms with Crippen LogP contribution in [0, 0.1) is 0 Å². The minimum Gasteiger partial charge on any atom is -0.480 e. The van der Waals surface area contributed by atoms with Crippen LogP contribution in [0.15, 0.2) is 60.9 Å². The lowest BCUT2D eigenvalue weighted by Gasteiger charge is -2.31. The largest absolute Gasteiger partial charge is 0.480 e. The van der Waals surface area contributed by atoms with Crippen molar-refractivity contribution in [3.63, 3.8) is 0 Å². The average Bonchev–Trinajstić information content (AvgIpc) is 3.21. The molecule has 3 N–H and O–H groups in total. The number of nitrogen functional groups attached to an aromatic ring is 1. The van der Waals surface area contributed by atoms with Gasteiger partial charge in [0, 0.05) is 12.1 Å². The molecule has 0 bridgehead atoms. The molecule has 1 saturated heterocycles. The molecule has 1 fully saturated rings. The van der Waals surface area contributed by atoms with Crippen molar-refractivity contribution in [2.45, 2.75) is 18.9 Å². The van der Waals surface area contributed by atoms with E-state index in [0.29, 0.717) is 29.1 Å². The third-order valence-electron chi connectivity index (χ3n) is 5.81. The number of nitrogens with two attached hydrogens (primary N) is 1. The van der Waals surface area contributed by atoms with Crippen molar-refractivity contribution in [2.75, 3.05) is 25.4 Å². The van der Waals surface area contributed by atoms with E-state index in [1.54, 1.807) is 0 Å². The number of fused-ring (bicyclic) bond motifs is 1. The van der Waals surface area contributed by atoms with Gasteiger partial charge < -0.3 is 15.6 Å². The molecule has 0 saturated carbocycles. The van der Waals surface area contributed by atoms with Gasteiger partial charge in [-0.25, -0.2) is 14.6 Å². The second-order valence-electron chi connectivity index (χ2n) is 8.12. The Morgan fingerprint density at radius 1 is 1.09 bits per heavy atom. The Labute approximate surface area is 190 Å². The zero-order chi connectivity index (χ0) is 22.8. The summed E-state index contributed by atoms with van der Waals surface area (Å²) in [7, 11) is 0. The highest BCUT2D eigenvalue weighted by Crippen LogP contribution is 2.34. The van der Waals surface area contributed by atoms with Crippen molar-refractivity contribution in [3.05, 3.63) is 60.9 Å². The maximum absolute atomic E-state index is 11.2. The van der Waals surface area contributed by atoms with Crippen molar-refractivity contribution < 1.29 is 14.6 Å². The number of ether oxygens (including phenoxy) is 1. The minimum absolute atomic E-state index is 0.00402. The first-order valence-electron chi connectivity index (χ1n) is 10.8. The Morgan fingerprint density at radius 3 is 2.61 bits per heavy atom. The standard InChI is InChI=1S/C24H24N6O3/c25-23-21-22(16-8-10-19(11-9-16)33-18-6-2-1-3-7-18)28-30(24(21)27-15-26-23)17-5-4-12-29(13-17)14-20(31)32/h1-3,6-11,15,17H,4-5,12-14H2,(H,31,32)(H2,25,26,27)/t17-/m1/s1. The minimum atomic E-state index is -0.828. The predicted octanol–water partition coefficient (Wildman–Crippen LogP) is 3.59. The van der Waals surface area contributed by atoms with Gasteiger partial charge in [-0.1, -0.05) is 18.2 Å². The Balaban J connectivity index is 1.48. The van der Waals surface area contributed by atoms with E-state index in [0.717, 1.165) is 36.4 Å². The molecule has 1 atom stereocenters. The van der Waals surface area contributed by atoms with Gasteiger partial charge in [0.15, 0.2) is 5.65 Å². The first-order valence-corrected chi connectivity index (χ1v) is 10.8. The fourth-order valence-corrected chi connectivity index (χ4v) is 4.32. The summed E-state index contributed by atoms with van der Waals surface area (Å²) in [5, 5.41) is 14.8. The number of para-hydroxylation sites is 1. The molecule has 3 heterocycles. The molecular formula is C24H24N6O3. The number of rotatable bonds is 6. The highest BCUT2D eigenvalue weighted by atomic mass is 16.5. The van der Waals surface area contributed by atoms with E-state index in [4.69, 9.17) is 15.6 Å². The van der Waals surface area contributed by atoms with Crippen LogP contribution < -0.4 is 10.5 Å². The van der Waals surface area contributed by atoms with Crippen molar-refractivity contribution in [1.82, 2.24) is 24.6 Å². The number of carboxylic acid groups (broad SMARTS) is 1. The number of carbonyl (C=O) groups is 1. The van der Waals surface area contributed by atoms with Crippen molar-refractivity contribution in [1.29, 1.82) is 0 Å². The molecule has 5 rings (SSSR count). The molecule has 1 aliphatic heterocycles. The number of carboxylic acids is 1. The maximum Gasteiger partial charge on any atom is 0.317 e. The normalized spacial score (nSPS) is 16.7. The molecule has 4 aromatic rings. The number of piperidine rings is 1. The number of aliphatic carboxylic acids is 1. The molecule has 2 aromatic carbocycles. The van der Waals surface area contributed by atoms with Gasteiger partial charge in [-0.15, -0.1) is 0 Å². The third-order valence-corrected chi connectivity index (χ3v) is 5.81. The highest BCUT2D eigenvalue weighted by molar-refractivity contribution is 5.98. The van der Waals surface area contributed by atoms with Crippen LogP contribution in [0.3, 0.4) is 0 Å². The van der Waals surface area contributed by atoms with E-state index in [9.17, 15) is 9.90 Å². The second-order valence-corrected chi connectivity index (χ2v) is 8.12. The molecule has 0 unspecified atom stereocenters. The van der Waals surface area contributed by atoms with Crippen LogP contribution in [-0.4, -0.2) is 55.4 Å². The average molecular weight is 444 g/mol. The smallest absolute Gasteiger partial charge is 0.317 e. The molecule has 0 amide bonds. The van der Waals surface area contributed by atoms with Gasteiger partial charge in [0.25, 0.3) is 0 Å². The lowest BCUT2D eigenvalue weighted by Crippen LogP contribution is -2.39. The van der Waals surface area contributed by atoms with Crippen LogP contribution in [0.4, 0.5) is 5.82 Å². The summed E-state index contributed by atoms with van der Waals surface area (Å²) in [5.41, 5.74) is 8.47. The van der Waals surface area contributed by atoms with Gasteiger partial charge in [-0.05, 0) is 55.8 Å². The first kappa shape index (κ1) is 20.9. The van der Waals surface area contributed by atoms with E-state index in [-0.39, 0.29) is 12.6 Å². The van der Waals surface area contributed by atoms with Gasteiger partial charge in [0.1, 0.15) is 29.3 Å². The van der Waals surface area contributed by atoms with Crippen LogP contribution >= 0.6 is 0 Å². The summed E-state index contributed by atoms with van der Waals surface area (Å²) < 4.78 is 7.78. The Morgan fingerprint density at radius 2 is 1.85 bits per heavy atom. The molecule has 1 aliphatic rings. The maximum atomic E-state index is 11.2. The molecule has 0 spiro atoms. The van der Waals surface area contributed by atoms with E-state index in [2.05, 4.69) is 9.97 Å². The van der Waals surface area contributed by atoms with Crippen molar-refractivity contribution in [2.24, 2.45) is 0 Å². The number of hydrogen-bond donors (Lipinski definition) is 2. The van der Waals surface area contributed by atoms with Crippen molar-refractivity contribution in [3.8, 4) is 22.8 Å². The molecule has 33 heavy (non-hydrogen) atoms. The second kappa shape index (κ2) is 8.87. The number of aromatic nitrogens is 4. The zero-order valence-electron chi connectivity index (χ0n) is 18.0. The summed E-state index contributed by atoms with van der Waals surface area (Å²) in [6.07, 6.45) is 3.22. The number of hydrogen-bond acceptors (Lipinski definition) is 7. The molecular weight excluding hydrogens is 420 g/mol. The quantitative estimate of drug-likeness (QED) is 0.463. The van der Waals surface area contributed by atoms with Crippen molar-refractivity contribution >= 4 is 22.8 Å². The Hall–Kier alpha value is -3.98. The summed E-state index contributed by atoms with van der Waals surface area (Å²) in [4.78, 5) is 21.8. The van der Waals surface area contributed by atoms with Crippen LogP contribution in [-0.2, 0) is 4.79 Å². The predicted molar refractivity (Wildman–Crippen MR) is 124 cm³/mol. The van der Waals surface area contributed by atoms with E-state index in [1.807, 2.05) is 64.2 Å². The fraction of sp³-hybridized carbons (Fsp3) is 0.250. The van der Waals surface area contributed by atoms with Gasteiger partial charge in [0.2, 0.25) is 0 Å². The fourth-order valence-electron chi connectivity index (χ4n) is 4.32. The van der Waals surface area contributed by atoms with Crippen LogP contribution in [0.5, 0.6) is 11.5 Å². The zero-order valence-corrected chi connectivity index (χ0v) is 18.0. The number of nitrogens with zero attached hydrogens (tertiary/aromatic N) is 5. The molecule has 2 aromatic heterocycles. The SMILES string of the molecule is Nc1ncnc2c1c(-c1ccc(Oc3ccccc3)cc1)nn2[C@@H]1CCCN(CC(=O)O)C1. The van der Waals surface area contributed by atoms with Gasteiger partial charge >= 0.3 is 5.97 Å². The molecule has 168 valence electrons. The van der Waals surface area contributed by atoms with Crippen LogP contribution in [0.25, 0.3) is 22.3 Å². The van der Waals surface area contributed by atoms with Gasteiger partial charge in [-0.3, -0.25) is 9.69 Å². The lowest BCUT2D eigenvalue weighted by molar-refractivity contribution is -0.138. The first-order chi connectivity index (χ1) is 16.1. The number of anilines is 1. The molecule has 9 nitrogen and oxygen atoms in total. The van der Waals surface area contributed by atoms with Crippen LogP contribution in [0.2, 0.25) is 0 Å². The Kier molecular flexibility index (Phi) is 5.62. The Bertz CT molecular complexity index is 1270. The molecule has 0 aliphatic carbocycles. The van der Waals surface area contributed by atoms with Gasteiger partial charge in [-0.2, -0.15) is 5.10 Å². The van der Waals surface area contributed by atoms with E-state index >= 15 is 0 Å². The number of benzene rings is 2. The van der Waals surface area contributed by atoms with Crippen LogP contribution in [0.1, 0.15) is 18.9 Å². The summed E-state index contributed by atoms with van der Waals surface area (Å²) in [6.45, 7) is 1.37. The summed E-state index contributed by atoms with van der Waals surface area (Å²) >= 11 is 0. The monoisotopic (exact) mass is 444 g/mol. The van der Waals surface area contributed by atoms with E-state index in [1.165, 1.54) is 6.33 Å². The molecule has 0 radical (unpaired) electrons. The number of likely N-dealkylation sites (tertiary alicyclic amines) is 1. The third kappa shape index (κ3) is 4.35. The highest BCUT2D eigenvalue weighted by Gasteiger charge is 2.27. The summed E-state index contributed by atoms with van der Waals surface area (Å²) in [6, 6.07) is 17.3. The topological polar surface area (TPSA) is 119 Å².